The number of hydrogen-bond donors (Lipinski definition) is 2. The molecule has 5 fully saturated rings. The van der Waals surface area contributed by atoms with Crippen LogP contribution in [0.25, 0.3) is 0 Å². The minimum atomic E-state index is -0.0763. The lowest BCUT2D eigenvalue weighted by Gasteiger charge is -2.54. The van der Waals surface area contributed by atoms with Gasteiger partial charge in [-0.1, -0.05) is 36.5 Å². The lowest BCUT2D eigenvalue weighted by atomic mass is 9.54. The topological polar surface area (TPSA) is 44.4 Å². The molecule has 0 atom stereocenters. The van der Waals surface area contributed by atoms with Crippen LogP contribution in [0.4, 0.5) is 4.79 Å². The number of urea groups is 1. The number of carbonyl (C=O) groups is 1. The monoisotopic (exact) mass is 395 g/mol. The zero-order chi connectivity index (χ0) is 18.9. The Balaban J connectivity index is 1.13. The van der Waals surface area contributed by atoms with Crippen molar-refractivity contribution in [3.8, 4) is 0 Å². The number of rotatable bonds is 1. The average Bonchev–Trinajstić information content (AvgIpc) is 2.96. The first-order valence-electron chi connectivity index (χ1n) is 11.1. The van der Waals surface area contributed by atoms with E-state index in [9.17, 15) is 4.79 Å². The first-order chi connectivity index (χ1) is 13.6. The van der Waals surface area contributed by atoms with Crippen LogP contribution in [0.3, 0.4) is 0 Å². The molecule has 4 aliphatic carbocycles. The second kappa shape index (κ2) is 6.19. The molecule has 4 saturated carbocycles. The van der Waals surface area contributed by atoms with Crippen molar-refractivity contribution in [3.05, 3.63) is 35.4 Å². The molecule has 2 heterocycles. The summed E-state index contributed by atoms with van der Waals surface area (Å²) in [6.45, 7) is 1.59. The van der Waals surface area contributed by atoms with Crippen molar-refractivity contribution in [2.24, 2.45) is 23.7 Å². The molecular weight excluding hydrogens is 366 g/mol. The van der Waals surface area contributed by atoms with Gasteiger partial charge in [0.2, 0.25) is 0 Å². The molecule has 2 aliphatic heterocycles. The molecule has 148 valence electrons. The van der Waals surface area contributed by atoms with E-state index < -0.39 is 0 Å². The Morgan fingerprint density at radius 1 is 1.04 bits per heavy atom. The van der Waals surface area contributed by atoms with Crippen molar-refractivity contribution in [3.63, 3.8) is 0 Å². The molecule has 7 rings (SSSR count). The van der Waals surface area contributed by atoms with E-state index in [1.54, 1.807) is 0 Å². The molecule has 0 aromatic heterocycles. The predicted octanol–water partition coefficient (Wildman–Crippen LogP) is 3.79. The van der Waals surface area contributed by atoms with E-state index in [2.05, 4.69) is 34.9 Å². The summed E-state index contributed by atoms with van der Waals surface area (Å²) in [4.78, 5) is 16.0. The Morgan fingerprint density at radius 2 is 1.68 bits per heavy atom. The van der Waals surface area contributed by atoms with Crippen molar-refractivity contribution in [2.45, 2.75) is 56.5 Å². The summed E-state index contributed by atoms with van der Waals surface area (Å²) in [5.41, 5.74) is 2.41. The molecule has 2 N–H and O–H groups in total. The van der Waals surface area contributed by atoms with Crippen LogP contribution in [0.15, 0.2) is 24.3 Å². The smallest absolute Gasteiger partial charge is 0.317 e. The van der Waals surface area contributed by atoms with E-state index in [-0.39, 0.29) is 11.6 Å². The number of benzene rings is 1. The van der Waals surface area contributed by atoms with Gasteiger partial charge < -0.3 is 15.5 Å². The van der Waals surface area contributed by atoms with Crippen LogP contribution in [0.5, 0.6) is 0 Å². The molecule has 28 heavy (non-hydrogen) atoms. The van der Waals surface area contributed by atoms with Crippen LogP contribution < -0.4 is 10.6 Å². The largest absolute Gasteiger partial charge is 0.366 e. The zero-order valence-electron chi connectivity index (χ0n) is 16.3. The van der Waals surface area contributed by atoms with Gasteiger partial charge in [-0.05, 0) is 74.2 Å². The molecule has 1 saturated heterocycles. The van der Waals surface area contributed by atoms with Gasteiger partial charge in [-0.25, -0.2) is 4.79 Å². The lowest BCUT2D eigenvalue weighted by molar-refractivity contribution is -0.0115. The molecular formula is C23H29N3OS. The summed E-state index contributed by atoms with van der Waals surface area (Å²) in [6.07, 6.45) is 8.70. The molecule has 4 nitrogen and oxygen atoms in total. The summed E-state index contributed by atoms with van der Waals surface area (Å²) in [5.74, 6) is 3.36. The highest BCUT2D eigenvalue weighted by Crippen LogP contribution is 2.53. The van der Waals surface area contributed by atoms with Gasteiger partial charge in [0.25, 0.3) is 0 Å². The van der Waals surface area contributed by atoms with Crippen LogP contribution in [-0.2, 0) is 5.54 Å². The first kappa shape index (κ1) is 17.3. The Hall–Kier alpha value is -1.62. The number of amides is 2. The summed E-state index contributed by atoms with van der Waals surface area (Å²) in [6, 6.07) is 9.06. The van der Waals surface area contributed by atoms with E-state index in [1.807, 2.05) is 4.90 Å². The Bertz CT molecular complexity index is 801. The number of fused-ring (bicyclic) bond motifs is 2. The summed E-state index contributed by atoms with van der Waals surface area (Å²) in [5, 5.41) is 7.07. The van der Waals surface area contributed by atoms with Gasteiger partial charge in [-0.2, -0.15) is 0 Å². The van der Waals surface area contributed by atoms with Crippen molar-refractivity contribution in [2.75, 3.05) is 13.1 Å². The number of nitrogens with one attached hydrogen (secondary N) is 2. The predicted molar refractivity (Wildman–Crippen MR) is 113 cm³/mol. The fraction of sp³-hybridized carbons (Fsp3) is 0.652. The lowest BCUT2D eigenvalue weighted by Crippen LogP contribution is -2.59. The Morgan fingerprint density at radius 3 is 2.36 bits per heavy atom. The number of likely N-dealkylation sites (tertiary alicyclic amines) is 1. The number of nitrogens with zero attached hydrogens (tertiary/aromatic N) is 1. The summed E-state index contributed by atoms with van der Waals surface area (Å²) in [7, 11) is 0. The van der Waals surface area contributed by atoms with Crippen LogP contribution in [0, 0.1) is 23.7 Å². The van der Waals surface area contributed by atoms with E-state index in [0.29, 0.717) is 6.04 Å². The van der Waals surface area contributed by atoms with Crippen molar-refractivity contribution in [1.82, 2.24) is 15.5 Å². The van der Waals surface area contributed by atoms with Crippen LogP contribution >= 0.6 is 12.2 Å². The first-order valence-corrected chi connectivity index (χ1v) is 11.5. The van der Waals surface area contributed by atoms with Crippen LogP contribution in [0.2, 0.25) is 0 Å². The van der Waals surface area contributed by atoms with Crippen molar-refractivity contribution < 1.29 is 4.79 Å². The fourth-order valence-corrected chi connectivity index (χ4v) is 7.70. The molecule has 1 aromatic rings. The molecule has 4 bridgehead atoms. The van der Waals surface area contributed by atoms with Gasteiger partial charge in [-0.15, -0.1) is 0 Å². The third-order valence-electron chi connectivity index (χ3n) is 8.46. The Labute approximate surface area is 172 Å². The summed E-state index contributed by atoms with van der Waals surface area (Å²) >= 11 is 5.57. The molecule has 2 amide bonds. The summed E-state index contributed by atoms with van der Waals surface area (Å²) < 4.78 is 0. The van der Waals surface area contributed by atoms with Gasteiger partial charge in [0, 0.05) is 24.7 Å². The minimum absolute atomic E-state index is 0.0763. The van der Waals surface area contributed by atoms with Crippen LogP contribution in [-0.4, -0.2) is 35.1 Å². The SMILES string of the molecule is O=C(NC1C2CC3CC(C2)CC1C3)N1CCC2(CC1)NC(=S)c1ccccc12. The maximum atomic E-state index is 13.1. The highest BCUT2D eigenvalue weighted by molar-refractivity contribution is 7.80. The fourth-order valence-electron chi connectivity index (χ4n) is 7.33. The number of carbonyl (C=O) groups excluding carboxylic acids is 1. The number of thiocarbonyl (C=S) groups is 1. The van der Waals surface area contributed by atoms with Crippen molar-refractivity contribution in [1.29, 1.82) is 0 Å². The van der Waals surface area contributed by atoms with Gasteiger partial charge >= 0.3 is 6.03 Å². The van der Waals surface area contributed by atoms with Crippen LogP contribution in [0.1, 0.15) is 56.1 Å². The third-order valence-corrected chi connectivity index (χ3v) is 8.78. The average molecular weight is 396 g/mol. The Kier molecular flexibility index (Phi) is 3.81. The van der Waals surface area contributed by atoms with Crippen molar-refractivity contribution >= 4 is 23.2 Å². The van der Waals surface area contributed by atoms with Gasteiger partial charge in [0.05, 0.1) is 5.54 Å². The highest BCUT2D eigenvalue weighted by Gasteiger charge is 2.49. The molecule has 1 spiro atoms. The van der Waals surface area contributed by atoms with Gasteiger partial charge in [0.15, 0.2) is 0 Å². The van der Waals surface area contributed by atoms with Gasteiger partial charge in [0.1, 0.15) is 4.99 Å². The molecule has 1 aromatic carbocycles. The standard InChI is InChI=1S/C23H29N3OS/c27-22(24-20-16-10-14-9-15(12-16)13-17(20)11-14)26-7-5-23(6-8-26)19-4-2-1-3-18(19)21(28)25-23/h1-4,14-17,20H,5-13H2,(H,24,27)(H,25,28). The second-order valence-corrected chi connectivity index (χ2v) is 10.4. The molecule has 5 heteroatoms. The third kappa shape index (κ3) is 2.54. The number of hydrogen-bond acceptors (Lipinski definition) is 2. The minimum Gasteiger partial charge on any atom is -0.366 e. The molecule has 0 unspecified atom stereocenters. The zero-order valence-corrected chi connectivity index (χ0v) is 17.1. The van der Waals surface area contributed by atoms with E-state index in [4.69, 9.17) is 12.2 Å². The van der Waals surface area contributed by atoms with E-state index in [1.165, 1.54) is 43.2 Å². The second-order valence-electron chi connectivity index (χ2n) is 9.97. The molecule has 6 aliphatic rings. The quantitative estimate of drug-likeness (QED) is 0.711. The maximum Gasteiger partial charge on any atom is 0.317 e. The van der Waals surface area contributed by atoms with Gasteiger partial charge in [-0.3, -0.25) is 0 Å². The maximum absolute atomic E-state index is 13.1. The molecule has 0 radical (unpaired) electrons. The number of piperidine rings is 1. The van der Waals surface area contributed by atoms with E-state index >= 15 is 0 Å². The normalized spacial score (nSPS) is 37.1. The highest BCUT2D eigenvalue weighted by atomic mass is 32.1. The van der Waals surface area contributed by atoms with E-state index in [0.717, 1.165) is 54.6 Å².